The number of ether oxygens (including phenoxy) is 3. The molecule has 6 heteroatoms. The van der Waals surface area contributed by atoms with Crippen molar-refractivity contribution in [3.05, 3.63) is 22.9 Å². The molecule has 1 N–H and O–H groups in total. The molecule has 126 valence electrons. The van der Waals surface area contributed by atoms with Gasteiger partial charge in [-0.2, -0.15) is 0 Å². The molecule has 1 aliphatic heterocycles. The van der Waals surface area contributed by atoms with Gasteiger partial charge < -0.3 is 19.5 Å². The maximum absolute atomic E-state index is 6.50. The molecule has 22 heavy (non-hydrogen) atoms. The lowest BCUT2D eigenvalue weighted by Crippen LogP contribution is -2.40. The van der Waals surface area contributed by atoms with Crippen molar-refractivity contribution in [2.24, 2.45) is 5.92 Å². The van der Waals surface area contributed by atoms with Crippen LogP contribution < -0.4 is 5.32 Å². The lowest BCUT2D eigenvalue weighted by molar-refractivity contribution is 0.0387. The molecular formula is C16H27ClN2O3. The SMILES string of the molecule is COCCOCC1CC=CC(NCCN2CCOCC2)=C1Cl. The number of nitrogens with zero attached hydrogens (tertiary/aromatic N) is 1. The van der Waals surface area contributed by atoms with Crippen LogP contribution in [0.2, 0.25) is 0 Å². The van der Waals surface area contributed by atoms with Gasteiger partial charge in [-0.05, 0) is 12.5 Å². The second-order valence-corrected chi connectivity index (χ2v) is 5.95. The molecule has 0 amide bonds. The van der Waals surface area contributed by atoms with Crippen molar-refractivity contribution in [2.45, 2.75) is 6.42 Å². The molecule has 0 bridgehead atoms. The van der Waals surface area contributed by atoms with Gasteiger partial charge in [-0.15, -0.1) is 0 Å². The number of hydrogen-bond donors (Lipinski definition) is 1. The fourth-order valence-electron chi connectivity index (χ4n) is 2.58. The Morgan fingerprint density at radius 2 is 2.18 bits per heavy atom. The molecular weight excluding hydrogens is 304 g/mol. The Balaban J connectivity index is 1.71. The molecule has 0 aromatic rings. The van der Waals surface area contributed by atoms with Gasteiger partial charge in [-0.3, -0.25) is 4.90 Å². The molecule has 0 spiro atoms. The van der Waals surface area contributed by atoms with Crippen LogP contribution >= 0.6 is 11.6 Å². The molecule has 5 nitrogen and oxygen atoms in total. The summed E-state index contributed by atoms with van der Waals surface area (Å²) in [6.07, 6.45) is 5.17. The highest BCUT2D eigenvalue weighted by Crippen LogP contribution is 2.27. The van der Waals surface area contributed by atoms with Crippen molar-refractivity contribution in [3.8, 4) is 0 Å². The van der Waals surface area contributed by atoms with E-state index in [2.05, 4.69) is 22.4 Å². The van der Waals surface area contributed by atoms with Gasteiger partial charge in [0.15, 0.2) is 0 Å². The standard InChI is InChI=1S/C16H27ClN2O3/c1-20-11-12-22-13-14-3-2-4-15(16(14)17)18-5-6-19-7-9-21-10-8-19/h2,4,14,18H,3,5-13H2,1H3. The first-order valence-corrected chi connectivity index (χ1v) is 8.36. The number of nitrogens with one attached hydrogen (secondary N) is 1. The fourth-order valence-corrected chi connectivity index (χ4v) is 2.86. The maximum atomic E-state index is 6.50. The van der Waals surface area contributed by atoms with E-state index in [0.717, 1.165) is 56.5 Å². The number of hydrogen-bond acceptors (Lipinski definition) is 5. The topological polar surface area (TPSA) is 43.0 Å². The highest BCUT2D eigenvalue weighted by atomic mass is 35.5. The molecule has 1 saturated heterocycles. The van der Waals surface area contributed by atoms with Crippen molar-refractivity contribution in [3.63, 3.8) is 0 Å². The zero-order valence-corrected chi connectivity index (χ0v) is 14.1. The number of methoxy groups -OCH3 is 1. The van der Waals surface area contributed by atoms with Crippen LogP contribution in [0.3, 0.4) is 0 Å². The number of allylic oxidation sites excluding steroid dienone is 2. The smallest absolute Gasteiger partial charge is 0.0700 e. The number of halogens is 1. The lowest BCUT2D eigenvalue weighted by atomic mass is 9.99. The molecule has 0 aromatic heterocycles. The van der Waals surface area contributed by atoms with Crippen molar-refractivity contribution >= 4 is 11.6 Å². The Hall–Kier alpha value is -0.590. The average Bonchev–Trinajstić information content (AvgIpc) is 2.55. The van der Waals surface area contributed by atoms with Gasteiger partial charge in [0.05, 0.1) is 33.0 Å². The quantitative estimate of drug-likeness (QED) is 0.650. The van der Waals surface area contributed by atoms with E-state index in [4.69, 9.17) is 25.8 Å². The van der Waals surface area contributed by atoms with Crippen LogP contribution in [0.15, 0.2) is 22.9 Å². The van der Waals surface area contributed by atoms with E-state index in [1.807, 2.05) is 0 Å². The van der Waals surface area contributed by atoms with E-state index in [0.29, 0.717) is 19.8 Å². The summed E-state index contributed by atoms with van der Waals surface area (Å²) in [5, 5.41) is 4.33. The highest BCUT2D eigenvalue weighted by molar-refractivity contribution is 6.30. The average molecular weight is 331 g/mol. The molecule has 1 fully saturated rings. The predicted molar refractivity (Wildman–Crippen MR) is 88.1 cm³/mol. The van der Waals surface area contributed by atoms with Gasteiger partial charge in [0.2, 0.25) is 0 Å². The van der Waals surface area contributed by atoms with Crippen LogP contribution in [0.25, 0.3) is 0 Å². The summed E-state index contributed by atoms with van der Waals surface area (Å²) in [4.78, 5) is 2.41. The first kappa shape index (κ1) is 17.8. The van der Waals surface area contributed by atoms with Crippen molar-refractivity contribution < 1.29 is 14.2 Å². The van der Waals surface area contributed by atoms with E-state index in [1.165, 1.54) is 0 Å². The van der Waals surface area contributed by atoms with Crippen LogP contribution in [0.1, 0.15) is 6.42 Å². The van der Waals surface area contributed by atoms with Crippen molar-refractivity contribution in [2.75, 3.05) is 66.3 Å². The molecule has 1 atom stereocenters. The Morgan fingerprint density at radius 3 is 2.95 bits per heavy atom. The first-order chi connectivity index (χ1) is 10.8. The highest BCUT2D eigenvalue weighted by Gasteiger charge is 2.19. The Morgan fingerprint density at radius 1 is 1.36 bits per heavy atom. The lowest BCUT2D eigenvalue weighted by Gasteiger charge is -2.27. The van der Waals surface area contributed by atoms with E-state index in [-0.39, 0.29) is 5.92 Å². The second-order valence-electron chi connectivity index (χ2n) is 5.55. The van der Waals surface area contributed by atoms with Crippen LogP contribution in [0.5, 0.6) is 0 Å². The van der Waals surface area contributed by atoms with Gasteiger partial charge in [0.1, 0.15) is 0 Å². The summed E-state index contributed by atoms with van der Waals surface area (Å²) in [6.45, 7) is 7.48. The third kappa shape index (κ3) is 5.89. The minimum Gasteiger partial charge on any atom is -0.383 e. The molecule has 1 aliphatic carbocycles. The third-order valence-electron chi connectivity index (χ3n) is 3.92. The summed E-state index contributed by atoms with van der Waals surface area (Å²) in [7, 11) is 1.68. The molecule has 1 heterocycles. The summed E-state index contributed by atoms with van der Waals surface area (Å²) < 4.78 is 15.9. The van der Waals surface area contributed by atoms with E-state index < -0.39 is 0 Å². The van der Waals surface area contributed by atoms with Gasteiger partial charge in [-0.1, -0.05) is 17.7 Å². The normalized spacial score (nSPS) is 23.1. The Labute approximate surface area is 138 Å². The molecule has 0 saturated carbocycles. The number of rotatable bonds is 9. The Bertz CT molecular complexity index is 382. The van der Waals surface area contributed by atoms with E-state index in [1.54, 1.807) is 7.11 Å². The fraction of sp³-hybridized carbons (Fsp3) is 0.750. The largest absolute Gasteiger partial charge is 0.383 e. The van der Waals surface area contributed by atoms with Crippen LogP contribution in [0.4, 0.5) is 0 Å². The number of morpholine rings is 1. The zero-order chi connectivity index (χ0) is 15.6. The molecule has 2 aliphatic rings. The van der Waals surface area contributed by atoms with Gasteiger partial charge >= 0.3 is 0 Å². The summed E-state index contributed by atoms with van der Waals surface area (Å²) >= 11 is 6.50. The van der Waals surface area contributed by atoms with E-state index in [9.17, 15) is 0 Å². The van der Waals surface area contributed by atoms with Crippen LogP contribution in [0, 0.1) is 5.92 Å². The minimum absolute atomic E-state index is 0.245. The maximum Gasteiger partial charge on any atom is 0.0700 e. The first-order valence-electron chi connectivity index (χ1n) is 7.98. The predicted octanol–water partition coefficient (Wildman–Crippen LogP) is 1.60. The summed E-state index contributed by atoms with van der Waals surface area (Å²) in [6, 6.07) is 0. The van der Waals surface area contributed by atoms with Crippen molar-refractivity contribution in [1.29, 1.82) is 0 Å². The second kappa shape index (κ2) is 10.2. The molecule has 1 unspecified atom stereocenters. The zero-order valence-electron chi connectivity index (χ0n) is 13.4. The van der Waals surface area contributed by atoms with Gasteiger partial charge in [0.25, 0.3) is 0 Å². The van der Waals surface area contributed by atoms with Crippen molar-refractivity contribution in [1.82, 2.24) is 10.2 Å². The third-order valence-corrected chi connectivity index (χ3v) is 4.43. The Kier molecular flexibility index (Phi) is 8.26. The summed E-state index contributed by atoms with van der Waals surface area (Å²) in [5.74, 6) is 0.245. The molecule has 0 aromatic carbocycles. The van der Waals surface area contributed by atoms with E-state index >= 15 is 0 Å². The molecule has 2 rings (SSSR count). The minimum atomic E-state index is 0.245. The van der Waals surface area contributed by atoms with Gasteiger partial charge in [0, 0.05) is 49.9 Å². The van der Waals surface area contributed by atoms with Gasteiger partial charge in [-0.25, -0.2) is 0 Å². The molecule has 0 radical (unpaired) electrons. The monoisotopic (exact) mass is 330 g/mol. The van der Waals surface area contributed by atoms with Crippen LogP contribution in [-0.4, -0.2) is 71.2 Å². The van der Waals surface area contributed by atoms with Crippen LogP contribution in [-0.2, 0) is 14.2 Å². The summed E-state index contributed by atoms with van der Waals surface area (Å²) in [5.41, 5.74) is 1.03.